The summed E-state index contributed by atoms with van der Waals surface area (Å²) >= 11 is 0. The summed E-state index contributed by atoms with van der Waals surface area (Å²) < 4.78 is 0. The summed E-state index contributed by atoms with van der Waals surface area (Å²) in [7, 11) is 0. The molecule has 0 aromatic carbocycles. The Morgan fingerprint density at radius 1 is 1.11 bits per heavy atom. The van der Waals surface area contributed by atoms with Crippen molar-refractivity contribution >= 4 is 12.0 Å². The van der Waals surface area contributed by atoms with Crippen molar-refractivity contribution in [3.05, 3.63) is 0 Å². The molecule has 2 N–H and O–H groups in total. The Bertz CT molecular complexity index is 313. The molecular formula is C13H22N2O3. The maximum Gasteiger partial charge on any atom is 0.317 e. The SMILES string of the molecule is O=C(O)CC1CCCN1C(=O)NC1CCCCC1. The van der Waals surface area contributed by atoms with Crippen LogP contribution in [0.4, 0.5) is 4.79 Å². The summed E-state index contributed by atoms with van der Waals surface area (Å²) in [6.07, 6.45) is 7.54. The number of rotatable bonds is 3. The van der Waals surface area contributed by atoms with Crippen molar-refractivity contribution in [2.24, 2.45) is 0 Å². The van der Waals surface area contributed by atoms with Crippen molar-refractivity contribution in [2.45, 2.75) is 63.5 Å². The Labute approximate surface area is 108 Å². The van der Waals surface area contributed by atoms with Gasteiger partial charge in [0, 0.05) is 18.6 Å². The van der Waals surface area contributed by atoms with Gasteiger partial charge in [0.25, 0.3) is 0 Å². The van der Waals surface area contributed by atoms with Crippen LogP contribution in [0, 0.1) is 0 Å². The molecule has 18 heavy (non-hydrogen) atoms. The molecule has 0 radical (unpaired) electrons. The van der Waals surface area contributed by atoms with E-state index in [1.54, 1.807) is 4.90 Å². The monoisotopic (exact) mass is 254 g/mol. The van der Waals surface area contributed by atoms with E-state index in [0.29, 0.717) is 6.54 Å². The predicted molar refractivity (Wildman–Crippen MR) is 67.4 cm³/mol. The zero-order valence-corrected chi connectivity index (χ0v) is 10.7. The summed E-state index contributed by atoms with van der Waals surface area (Å²) in [5.74, 6) is -0.822. The van der Waals surface area contributed by atoms with E-state index in [9.17, 15) is 9.59 Å². The maximum absolute atomic E-state index is 12.1. The number of aliphatic carboxylic acids is 1. The minimum atomic E-state index is -0.822. The lowest BCUT2D eigenvalue weighted by Crippen LogP contribution is -2.47. The molecule has 1 aliphatic heterocycles. The molecule has 5 heteroatoms. The number of hydrogen-bond acceptors (Lipinski definition) is 2. The number of likely N-dealkylation sites (tertiary alicyclic amines) is 1. The van der Waals surface area contributed by atoms with E-state index in [4.69, 9.17) is 5.11 Å². The number of nitrogens with one attached hydrogen (secondary N) is 1. The van der Waals surface area contributed by atoms with Gasteiger partial charge in [-0.2, -0.15) is 0 Å². The molecule has 2 aliphatic rings. The molecule has 1 saturated heterocycles. The summed E-state index contributed by atoms with van der Waals surface area (Å²) in [4.78, 5) is 24.6. The van der Waals surface area contributed by atoms with Crippen molar-refractivity contribution < 1.29 is 14.7 Å². The standard InChI is InChI=1S/C13H22N2O3/c16-12(17)9-11-7-4-8-15(11)13(18)14-10-5-2-1-3-6-10/h10-11H,1-9H2,(H,14,18)(H,16,17). The number of carboxylic acid groups (broad SMARTS) is 1. The summed E-state index contributed by atoms with van der Waals surface area (Å²) in [6.45, 7) is 0.691. The molecule has 5 nitrogen and oxygen atoms in total. The highest BCUT2D eigenvalue weighted by Gasteiger charge is 2.31. The highest BCUT2D eigenvalue weighted by Crippen LogP contribution is 2.22. The van der Waals surface area contributed by atoms with Crippen LogP contribution >= 0.6 is 0 Å². The van der Waals surface area contributed by atoms with Gasteiger partial charge in [0.15, 0.2) is 0 Å². The number of nitrogens with zero attached hydrogens (tertiary/aromatic N) is 1. The topological polar surface area (TPSA) is 69.6 Å². The maximum atomic E-state index is 12.1. The zero-order valence-electron chi connectivity index (χ0n) is 10.7. The lowest BCUT2D eigenvalue weighted by molar-refractivity contribution is -0.137. The number of carboxylic acids is 1. The van der Waals surface area contributed by atoms with E-state index >= 15 is 0 Å². The molecule has 1 unspecified atom stereocenters. The first-order chi connectivity index (χ1) is 8.66. The van der Waals surface area contributed by atoms with Crippen molar-refractivity contribution in [3.8, 4) is 0 Å². The largest absolute Gasteiger partial charge is 0.481 e. The smallest absolute Gasteiger partial charge is 0.317 e. The third-order valence-electron chi connectivity index (χ3n) is 3.98. The van der Waals surface area contributed by atoms with Gasteiger partial charge < -0.3 is 15.3 Å². The number of carbonyl (C=O) groups is 2. The fraction of sp³-hybridized carbons (Fsp3) is 0.846. The number of carbonyl (C=O) groups excluding carboxylic acids is 1. The normalized spacial score (nSPS) is 25.1. The van der Waals surface area contributed by atoms with Crippen LogP contribution in [0.5, 0.6) is 0 Å². The molecule has 2 amide bonds. The molecule has 0 spiro atoms. The molecule has 2 rings (SSSR count). The van der Waals surface area contributed by atoms with Gasteiger partial charge in [0.2, 0.25) is 0 Å². The van der Waals surface area contributed by atoms with Crippen LogP contribution in [0.25, 0.3) is 0 Å². The Kier molecular flexibility index (Phi) is 4.44. The second-order valence-electron chi connectivity index (χ2n) is 5.37. The summed E-state index contributed by atoms with van der Waals surface area (Å²) in [5.41, 5.74) is 0. The average Bonchev–Trinajstić information content (AvgIpc) is 2.77. The third kappa shape index (κ3) is 3.37. The van der Waals surface area contributed by atoms with Gasteiger partial charge in [-0.05, 0) is 25.7 Å². The molecule has 102 valence electrons. The van der Waals surface area contributed by atoms with E-state index in [0.717, 1.165) is 25.7 Å². The first-order valence-electron chi connectivity index (χ1n) is 6.96. The molecule has 1 atom stereocenters. The highest BCUT2D eigenvalue weighted by atomic mass is 16.4. The van der Waals surface area contributed by atoms with E-state index in [-0.39, 0.29) is 24.5 Å². The predicted octanol–water partition coefficient (Wildman–Crippen LogP) is 1.97. The fourth-order valence-corrected chi connectivity index (χ4v) is 3.02. The molecule has 0 aromatic rings. The van der Waals surface area contributed by atoms with Crippen LogP contribution in [-0.4, -0.2) is 40.6 Å². The van der Waals surface area contributed by atoms with Gasteiger partial charge >= 0.3 is 12.0 Å². The number of hydrogen-bond donors (Lipinski definition) is 2. The molecule has 1 heterocycles. The van der Waals surface area contributed by atoms with Gasteiger partial charge in [-0.25, -0.2) is 4.79 Å². The van der Waals surface area contributed by atoms with E-state index in [1.807, 2.05) is 0 Å². The van der Waals surface area contributed by atoms with Crippen LogP contribution in [0.1, 0.15) is 51.4 Å². The molecule has 0 bridgehead atoms. The average molecular weight is 254 g/mol. The molecule has 1 aliphatic carbocycles. The summed E-state index contributed by atoms with van der Waals surface area (Å²) in [6, 6.07) is 0.106. The van der Waals surface area contributed by atoms with Crippen LogP contribution in [-0.2, 0) is 4.79 Å². The van der Waals surface area contributed by atoms with Gasteiger partial charge in [0.1, 0.15) is 0 Å². The quantitative estimate of drug-likeness (QED) is 0.809. The first-order valence-corrected chi connectivity index (χ1v) is 6.96. The van der Waals surface area contributed by atoms with Gasteiger partial charge in [0.05, 0.1) is 6.42 Å². The first kappa shape index (κ1) is 13.2. The van der Waals surface area contributed by atoms with E-state index in [2.05, 4.69) is 5.32 Å². The molecular weight excluding hydrogens is 232 g/mol. The van der Waals surface area contributed by atoms with Crippen molar-refractivity contribution in [3.63, 3.8) is 0 Å². The number of urea groups is 1. The highest BCUT2D eigenvalue weighted by molar-refractivity contribution is 5.76. The molecule has 1 saturated carbocycles. The lowest BCUT2D eigenvalue weighted by Gasteiger charge is -2.29. The van der Waals surface area contributed by atoms with Crippen molar-refractivity contribution in [1.82, 2.24) is 10.2 Å². The van der Waals surface area contributed by atoms with Gasteiger partial charge in [-0.3, -0.25) is 4.79 Å². The Morgan fingerprint density at radius 3 is 2.50 bits per heavy atom. The zero-order chi connectivity index (χ0) is 13.0. The molecule has 2 fully saturated rings. The Hall–Kier alpha value is -1.26. The second kappa shape index (κ2) is 6.07. The minimum Gasteiger partial charge on any atom is -0.481 e. The summed E-state index contributed by atoms with van der Waals surface area (Å²) in [5, 5.41) is 11.9. The van der Waals surface area contributed by atoms with Gasteiger partial charge in [-0.15, -0.1) is 0 Å². The third-order valence-corrected chi connectivity index (χ3v) is 3.98. The van der Waals surface area contributed by atoms with Crippen LogP contribution in [0.3, 0.4) is 0 Å². The van der Waals surface area contributed by atoms with E-state index < -0.39 is 5.97 Å². The van der Waals surface area contributed by atoms with Crippen molar-refractivity contribution in [1.29, 1.82) is 0 Å². The van der Waals surface area contributed by atoms with Crippen LogP contribution in [0.15, 0.2) is 0 Å². The van der Waals surface area contributed by atoms with Crippen LogP contribution < -0.4 is 5.32 Å². The number of amides is 2. The Balaban J connectivity index is 1.84. The van der Waals surface area contributed by atoms with E-state index in [1.165, 1.54) is 19.3 Å². The second-order valence-corrected chi connectivity index (χ2v) is 5.37. The molecule has 0 aromatic heterocycles. The fourth-order valence-electron chi connectivity index (χ4n) is 3.02. The minimum absolute atomic E-state index is 0.0642. The van der Waals surface area contributed by atoms with Crippen LogP contribution in [0.2, 0.25) is 0 Å². The van der Waals surface area contributed by atoms with Crippen molar-refractivity contribution in [2.75, 3.05) is 6.54 Å². The van der Waals surface area contributed by atoms with Gasteiger partial charge in [-0.1, -0.05) is 19.3 Å². The lowest BCUT2D eigenvalue weighted by atomic mass is 9.96. The Morgan fingerprint density at radius 2 is 1.83 bits per heavy atom.